The first kappa shape index (κ1) is 17.2. The average molecular weight is 483 g/mol. The quantitative estimate of drug-likeness (QED) is 0.372. The fourth-order valence-electron chi connectivity index (χ4n) is 1.54. The number of hydrogen-bond acceptors (Lipinski definition) is 0. The van der Waals surface area contributed by atoms with Gasteiger partial charge < -0.3 is 34.0 Å². The van der Waals surface area contributed by atoms with Crippen molar-refractivity contribution >= 4 is 0 Å². The van der Waals surface area contributed by atoms with Gasteiger partial charge in [0.1, 0.15) is 0 Å². The summed E-state index contributed by atoms with van der Waals surface area (Å²) in [7, 11) is 0. The van der Waals surface area contributed by atoms with Gasteiger partial charge in [-0.25, -0.2) is 0 Å². The predicted octanol–water partition coefficient (Wildman–Crippen LogP) is -2.85. The molecule has 0 unspecified atom stereocenters. The van der Waals surface area contributed by atoms with E-state index in [1.165, 1.54) is 6.42 Å². The second-order valence-corrected chi connectivity index (χ2v) is 3.09. The first-order chi connectivity index (χ1) is 5.45. The Morgan fingerprint density at radius 3 is 1.57 bits per heavy atom. The summed E-state index contributed by atoms with van der Waals surface area (Å²) in [6.07, 6.45) is 16.7. The van der Waals surface area contributed by atoms with Crippen LogP contribution in [0.1, 0.15) is 19.3 Å². The van der Waals surface area contributed by atoms with Gasteiger partial charge in [-0.2, -0.15) is 0 Å². The van der Waals surface area contributed by atoms with E-state index >= 15 is 0 Å². The summed E-state index contributed by atoms with van der Waals surface area (Å²) in [5.74, 6) is 0. The van der Waals surface area contributed by atoms with Crippen molar-refractivity contribution in [3.05, 3.63) is 47.6 Å². The zero-order valence-corrected chi connectivity index (χ0v) is 14.6. The van der Waals surface area contributed by atoms with Crippen molar-refractivity contribution in [2.24, 2.45) is 0 Å². The van der Waals surface area contributed by atoms with Crippen molar-refractivity contribution in [3.63, 3.8) is 0 Å². The van der Waals surface area contributed by atoms with Gasteiger partial charge in [-0.15, -0.1) is 0 Å². The number of rotatable bonds is 2. The molecule has 2 rings (SSSR count). The van der Waals surface area contributed by atoms with Crippen LogP contribution in [0.3, 0.4) is 0 Å². The first-order valence-corrected chi connectivity index (χ1v) is 4.14. The second kappa shape index (κ2) is 9.05. The summed E-state index contributed by atoms with van der Waals surface area (Å²) >= 11 is 0. The van der Waals surface area contributed by atoms with E-state index < -0.39 is 0 Å². The molecule has 0 atom stereocenters. The second-order valence-electron chi connectivity index (χ2n) is 3.09. The predicted molar refractivity (Wildman–Crippen MR) is 48.3 cm³/mol. The SMILES string of the molecule is C1=CCC(CC2=CC=CC2)=C1.[Br-].[Br-].[Hf+4]. The molecule has 0 N–H and O–H groups in total. The van der Waals surface area contributed by atoms with Crippen LogP contribution < -0.4 is 34.0 Å². The Labute approximate surface area is 126 Å². The monoisotopic (exact) mass is 482 g/mol. The summed E-state index contributed by atoms with van der Waals surface area (Å²) in [4.78, 5) is 0. The molecular formula is C11H12Br2Hf+2. The van der Waals surface area contributed by atoms with Crippen molar-refractivity contribution < 1.29 is 59.8 Å². The van der Waals surface area contributed by atoms with E-state index in [9.17, 15) is 0 Å². The number of halogens is 2. The third-order valence-corrected chi connectivity index (χ3v) is 2.15. The Morgan fingerprint density at radius 1 is 0.857 bits per heavy atom. The van der Waals surface area contributed by atoms with Crippen LogP contribution in [-0.4, -0.2) is 0 Å². The van der Waals surface area contributed by atoms with Crippen molar-refractivity contribution in [2.45, 2.75) is 19.3 Å². The van der Waals surface area contributed by atoms with Crippen LogP contribution in [0.15, 0.2) is 47.6 Å². The molecule has 0 aliphatic heterocycles. The molecule has 0 nitrogen and oxygen atoms in total. The molecule has 0 spiro atoms. The molecule has 0 bridgehead atoms. The topological polar surface area (TPSA) is 0 Å². The maximum Gasteiger partial charge on any atom is 4.00 e. The normalized spacial score (nSPS) is 16.3. The van der Waals surface area contributed by atoms with Crippen molar-refractivity contribution in [1.82, 2.24) is 0 Å². The van der Waals surface area contributed by atoms with Crippen LogP contribution >= 0.6 is 0 Å². The zero-order valence-electron chi connectivity index (χ0n) is 7.84. The number of hydrogen-bond donors (Lipinski definition) is 0. The molecule has 2 aliphatic rings. The molecular weight excluding hydrogens is 470 g/mol. The molecule has 0 radical (unpaired) electrons. The van der Waals surface area contributed by atoms with Crippen LogP contribution in [0, 0.1) is 0 Å². The molecule has 0 aromatic heterocycles. The Bertz CT molecular complexity index is 247. The van der Waals surface area contributed by atoms with Crippen LogP contribution in [0.25, 0.3) is 0 Å². The van der Waals surface area contributed by atoms with Gasteiger partial charge >= 0.3 is 25.8 Å². The Kier molecular flexibility index (Phi) is 11.1. The minimum absolute atomic E-state index is 0. The van der Waals surface area contributed by atoms with Crippen molar-refractivity contribution in [2.75, 3.05) is 0 Å². The van der Waals surface area contributed by atoms with Crippen LogP contribution in [0.5, 0.6) is 0 Å². The Hall–Kier alpha value is 0.790. The third kappa shape index (κ3) is 5.04. The minimum atomic E-state index is 0. The largest absolute Gasteiger partial charge is 4.00 e. The number of allylic oxidation sites excluding steroid dienone is 8. The molecule has 0 fully saturated rings. The molecule has 0 amide bonds. The summed E-state index contributed by atoms with van der Waals surface area (Å²) in [5, 5.41) is 0. The zero-order chi connectivity index (χ0) is 7.52. The van der Waals surface area contributed by atoms with Gasteiger partial charge in [-0.3, -0.25) is 0 Å². The minimum Gasteiger partial charge on any atom is -1.00 e. The third-order valence-electron chi connectivity index (χ3n) is 2.15. The average Bonchev–Trinajstić information content (AvgIpc) is 2.60. The van der Waals surface area contributed by atoms with E-state index in [-0.39, 0.29) is 59.8 Å². The van der Waals surface area contributed by atoms with E-state index in [0.717, 1.165) is 12.8 Å². The van der Waals surface area contributed by atoms with E-state index in [1.807, 2.05) is 0 Å². The van der Waals surface area contributed by atoms with Crippen molar-refractivity contribution in [1.29, 1.82) is 0 Å². The van der Waals surface area contributed by atoms with E-state index in [0.29, 0.717) is 0 Å². The molecule has 72 valence electrons. The van der Waals surface area contributed by atoms with Crippen molar-refractivity contribution in [3.8, 4) is 0 Å². The molecule has 0 aromatic carbocycles. The fraction of sp³-hybridized carbons (Fsp3) is 0.273. The molecule has 0 saturated carbocycles. The summed E-state index contributed by atoms with van der Waals surface area (Å²) in [6, 6.07) is 0. The van der Waals surface area contributed by atoms with E-state index in [1.54, 1.807) is 11.1 Å². The van der Waals surface area contributed by atoms with Crippen LogP contribution in [0.4, 0.5) is 0 Å². The smallest absolute Gasteiger partial charge is 1.00 e. The summed E-state index contributed by atoms with van der Waals surface area (Å²) in [6.45, 7) is 0. The summed E-state index contributed by atoms with van der Waals surface area (Å²) in [5.41, 5.74) is 3.11. The maximum atomic E-state index is 2.24. The molecule has 2 aliphatic carbocycles. The maximum absolute atomic E-state index is 2.24. The molecule has 0 saturated heterocycles. The first-order valence-electron chi connectivity index (χ1n) is 4.14. The van der Waals surface area contributed by atoms with Gasteiger partial charge in [-0.1, -0.05) is 47.6 Å². The van der Waals surface area contributed by atoms with Gasteiger partial charge in [0.05, 0.1) is 0 Å². The van der Waals surface area contributed by atoms with E-state index in [4.69, 9.17) is 0 Å². The molecule has 0 aromatic rings. The van der Waals surface area contributed by atoms with Gasteiger partial charge in [0.2, 0.25) is 0 Å². The van der Waals surface area contributed by atoms with Crippen LogP contribution in [-0.2, 0) is 25.8 Å². The molecule has 0 heterocycles. The van der Waals surface area contributed by atoms with Gasteiger partial charge in [-0.05, 0) is 19.3 Å². The Morgan fingerprint density at radius 2 is 1.29 bits per heavy atom. The van der Waals surface area contributed by atoms with Crippen LogP contribution in [0.2, 0.25) is 0 Å². The Balaban J connectivity index is 0. The standard InChI is InChI=1S/C11H12.2BrH.Hf/c1-2-6-10(5-1)9-11-7-3-4-8-11;;;/h1-5,7H,6,8-9H2;2*1H;/q;;;+4/p-2. The van der Waals surface area contributed by atoms with Gasteiger partial charge in [0.25, 0.3) is 0 Å². The van der Waals surface area contributed by atoms with Gasteiger partial charge in [0, 0.05) is 0 Å². The summed E-state index contributed by atoms with van der Waals surface area (Å²) < 4.78 is 0. The molecule has 14 heavy (non-hydrogen) atoms. The van der Waals surface area contributed by atoms with E-state index in [2.05, 4.69) is 36.5 Å². The van der Waals surface area contributed by atoms with Gasteiger partial charge in [0.15, 0.2) is 0 Å². The fourth-order valence-corrected chi connectivity index (χ4v) is 1.54. The molecule has 3 heteroatoms.